The molecule has 4 heteroatoms. The lowest BCUT2D eigenvalue weighted by Crippen LogP contribution is -2.27. The van der Waals surface area contributed by atoms with E-state index < -0.39 is 0 Å². The highest BCUT2D eigenvalue weighted by Gasteiger charge is 2.16. The fourth-order valence-corrected chi connectivity index (χ4v) is 3.00. The molecule has 1 aromatic rings. The first kappa shape index (κ1) is 17.3. The molecule has 0 radical (unpaired) electrons. The van der Waals surface area contributed by atoms with E-state index in [4.69, 9.17) is 16.3 Å². The first-order chi connectivity index (χ1) is 10.6. The number of nitrogens with zero attached hydrogens (tertiary/aromatic N) is 1. The van der Waals surface area contributed by atoms with E-state index in [0.717, 1.165) is 19.6 Å². The minimum absolute atomic E-state index is 0.0401. The molecule has 0 amide bonds. The number of benzene rings is 1. The Kier molecular flexibility index (Phi) is 6.71. The summed E-state index contributed by atoms with van der Waals surface area (Å²) in [6.45, 7) is 6.96. The third-order valence-electron chi connectivity index (χ3n) is 3.96. The predicted octanol–water partition coefficient (Wildman–Crippen LogP) is 4.58. The molecule has 0 spiro atoms. The molecule has 0 aliphatic carbocycles. The quantitative estimate of drug-likeness (QED) is 0.718. The van der Waals surface area contributed by atoms with Crippen LogP contribution in [0.4, 0.5) is 0 Å². The van der Waals surface area contributed by atoms with Crippen LogP contribution in [0.2, 0.25) is 5.02 Å². The van der Waals surface area contributed by atoms with Gasteiger partial charge in [0, 0.05) is 18.0 Å². The number of carbonyl (C=O) groups excluding carboxylic acids is 1. The van der Waals surface area contributed by atoms with Crippen LogP contribution in [0.1, 0.15) is 56.3 Å². The molecule has 0 unspecified atom stereocenters. The van der Waals surface area contributed by atoms with Crippen LogP contribution in [0.3, 0.4) is 0 Å². The fraction of sp³-hybridized carbons (Fsp3) is 0.611. The number of hydrogen-bond donors (Lipinski definition) is 0. The van der Waals surface area contributed by atoms with E-state index in [1.54, 1.807) is 18.2 Å². The van der Waals surface area contributed by atoms with Crippen molar-refractivity contribution in [3.8, 4) is 5.75 Å². The normalized spacial score (nSPS) is 16.5. The molecule has 0 atom stereocenters. The second-order valence-corrected chi connectivity index (χ2v) is 6.67. The fourth-order valence-electron chi connectivity index (χ4n) is 2.83. The summed E-state index contributed by atoms with van der Waals surface area (Å²) in [7, 11) is 0. The molecule has 0 aromatic heterocycles. The molecule has 1 saturated heterocycles. The molecule has 1 fully saturated rings. The van der Waals surface area contributed by atoms with Gasteiger partial charge < -0.3 is 9.64 Å². The van der Waals surface area contributed by atoms with Crippen LogP contribution < -0.4 is 4.74 Å². The average molecular weight is 324 g/mol. The summed E-state index contributed by atoms with van der Waals surface area (Å²) in [5.41, 5.74) is 0.607. The van der Waals surface area contributed by atoms with E-state index in [2.05, 4.69) is 4.90 Å². The summed E-state index contributed by atoms with van der Waals surface area (Å²) in [5.74, 6) is 0.752. The van der Waals surface area contributed by atoms with Gasteiger partial charge in [0.15, 0.2) is 5.78 Å². The van der Waals surface area contributed by atoms with Crippen molar-refractivity contribution in [3.63, 3.8) is 0 Å². The standard InChI is InChI=1S/C18H26ClNO2/c1-14(2)22-18-8-7-15(19)13-16(18)17(21)9-12-20-10-5-3-4-6-11-20/h7-8,13-14H,3-6,9-12H2,1-2H3. The molecule has 122 valence electrons. The molecule has 2 rings (SSSR count). The lowest BCUT2D eigenvalue weighted by molar-refractivity contribution is 0.0959. The van der Waals surface area contributed by atoms with Gasteiger partial charge in [0.1, 0.15) is 5.75 Å². The molecule has 3 nitrogen and oxygen atoms in total. The van der Waals surface area contributed by atoms with E-state index in [1.807, 2.05) is 13.8 Å². The van der Waals surface area contributed by atoms with Crippen molar-refractivity contribution in [2.24, 2.45) is 0 Å². The zero-order valence-electron chi connectivity index (χ0n) is 13.6. The van der Waals surface area contributed by atoms with Crippen molar-refractivity contribution in [3.05, 3.63) is 28.8 Å². The largest absolute Gasteiger partial charge is 0.490 e. The second kappa shape index (κ2) is 8.54. The molecule has 1 aliphatic rings. The van der Waals surface area contributed by atoms with E-state index >= 15 is 0 Å². The van der Waals surface area contributed by atoms with Gasteiger partial charge in [-0.05, 0) is 58.0 Å². The summed E-state index contributed by atoms with van der Waals surface area (Å²) in [6.07, 6.45) is 5.67. The lowest BCUT2D eigenvalue weighted by Gasteiger charge is -2.19. The van der Waals surface area contributed by atoms with Gasteiger partial charge in [0.25, 0.3) is 0 Å². The third-order valence-corrected chi connectivity index (χ3v) is 4.19. The van der Waals surface area contributed by atoms with Crippen LogP contribution in [-0.4, -0.2) is 36.4 Å². The van der Waals surface area contributed by atoms with Crippen molar-refractivity contribution in [2.75, 3.05) is 19.6 Å². The molecule has 0 saturated carbocycles. The first-order valence-electron chi connectivity index (χ1n) is 8.28. The Labute approximate surface area is 138 Å². The Balaban J connectivity index is 2.00. The minimum Gasteiger partial charge on any atom is -0.490 e. The van der Waals surface area contributed by atoms with Gasteiger partial charge in [0.05, 0.1) is 11.7 Å². The summed E-state index contributed by atoms with van der Waals surface area (Å²) >= 11 is 6.05. The van der Waals surface area contributed by atoms with Gasteiger partial charge in [-0.15, -0.1) is 0 Å². The van der Waals surface area contributed by atoms with Crippen molar-refractivity contribution in [1.82, 2.24) is 4.90 Å². The van der Waals surface area contributed by atoms with E-state index in [0.29, 0.717) is 22.8 Å². The number of ether oxygens (including phenoxy) is 1. The molecule has 1 heterocycles. The monoisotopic (exact) mass is 323 g/mol. The molecule has 22 heavy (non-hydrogen) atoms. The van der Waals surface area contributed by atoms with Gasteiger partial charge in [-0.2, -0.15) is 0 Å². The smallest absolute Gasteiger partial charge is 0.167 e. The minimum atomic E-state index is 0.0401. The Morgan fingerprint density at radius 3 is 2.55 bits per heavy atom. The Hall–Kier alpha value is -1.06. The molecule has 0 N–H and O–H groups in total. The number of hydrogen-bond acceptors (Lipinski definition) is 3. The molecular formula is C18H26ClNO2. The summed E-state index contributed by atoms with van der Waals surface area (Å²) in [6, 6.07) is 5.29. The number of halogens is 1. The highest BCUT2D eigenvalue weighted by molar-refractivity contribution is 6.31. The Morgan fingerprint density at radius 2 is 1.91 bits per heavy atom. The van der Waals surface area contributed by atoms with Crippen LogP contribution in [0.5, 0.6) is 5.75 Å². The van der Waals surface area contributed by atoms with Crippen molar-refractivity contribution < 1.29 is 9.53 Å². The molecular weight excluding hydrogens is 298 g/mol. The van der Waals surface area contributed by atoms with E-state index in [9.17, 15) is 4.79 Å². The van der Waals surface area contributed by atoms with Gasteiger partial charge in [-0.25, -0.2) is 0 Å². The van der Waals surface area contributed by atoms with Gasteiger partial charge >= 0.3 is 0 Å². The maximum absolute atomic E-state index is 12.6. The first-order valence-corrected chi connectivity index (χ1v) is 8.66. The Bertz CT molecular complexity index is 494. The van der Waals surface area contributed by atoms with Crippen molar-refractivity contribution >= 4 is 17.4 Å². The number of carbonyl (C=O) groups is 1. The number of Topliss-reactive ketones (excluding diaryl/α,β-unsaturated/α-hetero) is 1. The third kappa shape index (κ3) is 5.29. The average Bonchev–Trinajstić information content (AvgIpc) is 2.75. The number of rotatable bonds is 6. The van der Waals surface area contributed by atoms with Crippen LogP contribution >= 0.6 is 11.6 Å². The van der Waals surface area contributed by atoms with Crippen molar-refractivity contribution in [2.45, 2.75) is 52.1 Å². The highest BCUT2D eigenvalue weighted by Crippen LogP contribution is 2.25. The molecule has 1 aliphatic heterocycles. The number of ketones is 1. The van der Waals surface area contributed by atoms with Crippen LogP contribution in [-0.2, 0) is 0 Å². The highest BCUT2D eigenvalue weighted by atomic mass is 35.5. The van der Waals surface area contributed by atoms with E-state index in [-0.39, 0.29) is 11.9 Å². The van der Waals surface area contributed by atoms with Crippen LogP contribution in [0, 0.1) is 0 Å². The van der Waals surface area contributed by atoms with Gasteiger partial charge in [0.2, 0.25) is 0 Å². The van der Waals surface area contributed by atoms with Crippen LogP contribution in [0.15, 0.2) is 18.2 Å². The summed E-state index contributed by atoms with van der Waals surface area (Å²) < 4.78 is 5.74. The molecule has 0 bridgehead atoms. The van der Waals surface area contributed by atoms with Crippen molar-refractivity contribution in [1.29, 1.82) is 0 Å². The lowest BCUT2D eigenvalue weighted by atomic mass is 10.1. The zero-order chi connectivity index (χ0) is 15.9. The van der Waals surface area contributed by atoms with Gasteiger partial charge in [-0.1, -0.05) is 24.4 Å². The summed E-state index contributed by atoms with van der Waals surface area (Å²) in [4.78, 5) is 15.0. The van der Waals surface area contributed by atoms with Crippen LogP contribution in [0.25, 0.3) is 0 Å². The maximum Gasteiger partial charge on any atom is 0.167 e. The second-order valence-electron chi connectivity index (χ2n) is 6.24. The molecule has 1 aromatic carbocycles. The van der Waals surface area contributed by atoms with Gasteiger partial charge in [-0.3, -0.25) is 4.79 Å². The maximum atomic E-state index is 12.6. The topological polar surface area (TPSA) is 29.5 Å². The SMILES string of the molecule is CC(C)Oc1ccc(Cl)cc1C(=O)CCN1CCCCCC1. The predicted molar refractivity (Wildman–Crippen MR) is 91.1 cm³/mol. The van der Waals surface area contributed by atoms with E-state index in [1.165, 1.54) is 25.7 Å². The Morgan fingerprint density at radius 1 is 1.23 bits per heavy atom. The zero-order valence-corrected chi connectivity index (χ0v) is 14.4. The summed E-state index contributed by atoms with van der Waals surface area (Å²) in [5, 5.41) is 0.578. The number of likely N-dealkylation sites (tertiary alicyclic amines) is 1.